The van der Waals surface area contributed by atoms with E-state index in [1.54, 1.807) is 0 Å². The molecule has 0 unspecified atom stereocenters. The van der Waals surface area contributed by atoms with Gasteiger partial charge in [0.1, 0.15) is 5.54 Å². The van der Waals surface area contributed by atoms with Crippen LogP contribution in [-0.2, 0) is 23.9 Å². The standard InChI is InChI=1S/C29H25F3N4O2/c30-29(31,32)25-17-24(11-10-22(25)18-33)36-26(37)28(12-14-34-15-13-28)35(27(36)38)19-23-9-5-4-8-21(23)16-20-6-2-1-3-7-20/h1-11,17,34H,12-16,19H2. The van der Waals surface area contributed by atoms with Crippen LogP contribution in [0.1, 0.15) is 40.7 Å². The summed E-state index contributed by atoms with van der Waals surface area (Å²) in [6.07, 6.45) is -3.49. The number of urea groups is 1. The third-order valence-corrected chi connectivity index (χ3v) is 7.34. The highest BCUT2D eigenvalue weighted by molar-refractivity contribution is 6.23. The zero-order chi connectivity index (χ0) is 26.9. The van der Waals surface area contributed by atoms with Crippen LogP contribution in [0.2, 0.25) is 0 Å². The molecule has 2 aliphatic heterocycles. The lowest BCUT2D eigenvalue weighted by molar-refractivity contribution is -0.137. The number of carbonyl (C=O) groups is 2. The van der Waals surface area contributed by atoms with Crippen molar-refractivity contribution in [2.75, 3.05) is 18.0 Å². The highest BCUT2D eigenvalue weighted by Gasteiger charge is 2.58. The second-order valence-corrected chi connectivity index (χ2v) is 9.56. The third-order valence-electron chi connectivity index (χ3n) is 7.34. The van der Waals surface area contributed by atoms with Crippen molar-refractivity contribution < 1.29 is 22.8 Å². The summed E-state index contributed by atoms with van der Waals surface area (Å²) in [5.74, 6) is -0.539. The number of imide groups is 1. The lowest BCUT2D eigenvalue weighted by Gasteiger charge is -2.38. The number of anilines is 1. The number of hydrogen-bond acceptors (Lipinski definition) is 4. The van der Waals surface area contributed by atoms with E-state index in [4.69, 9.17) is 5.26 Å². The molecule has 3 aromatic rings. The van der Waals surface area contributed by atoms with Crippen LogP contribution in [0.4, 0.5) is 23.7 Å². The Kier molecular flexibility index (Phi) is 6.67. The van der Waals surface area contributed by atoms with Crippen LogP contribution in [0.25, 0.3) is 0 Å². The summed E-state index contributed by atoms with van der Waals surface area (Å²) in [6.45, 7) is 1.14. The number of rotatable bonds is 5. The van der Waals surface area contributed by atoms with E-state index in [1.807, 2.05) is 54.6 Å². The average Bonchev–Trinajstić information content (AvgIpc) is 3.10. The molecule has 0 bridgehead atoms. The lowest BCUT2D eigenvalue weighted by Crippen LogP contribution is -2.55. The quantitative estimate of drug-likeness (QED) is 0.468. The van der Waals surface area contributed by atoms with E-state index < -0.39 is 34.8 Å². The number of alkyl halides is 3. The highest BCUT2D eigenvalue weighted by Crippen LogP contribution is 2.41. The first-order valence-electron chi connectivity index (χ1n) is 12.3. The van der Waals surface area contributed by atoms with Crippen LogP contribution in [0.5, 0.6) is 0 Å². The van der Waals surface area contributed by atoms with Gasteiger partial charge in [-0.25, -0.2) is 9.69 Å². The maximum Gasteiger partial charge on any atom is 0.417 e. The molecule has 3 aromatic carbocycles. The average molecular weight is 519 g/mol. The van der Waals surface area contributed by atoms with Crippen LogP contribution < -0.4 is 10.2 Å². The van der Waals surface area contributed by atoms with Gasteiger partial charge in [-0.3, -0.25) is 4.79 Å². The minimum atomic E-state index is -4.81. The van der Waals surface area contributed by atoms with E-state index in [0.29, 0.717) is 32.4 Å². The number of piperidine rings is 1. The lowest BCUT2D eigenvalue weighted by atomic mass is 9.86. The molecule has 0 radical (unpaired) electrons. The molecule has 6 nitrogen and oxygen atoms in total. The summed E-state index contributed by atoms with van der Waals surface area (Å²) < 4.78 is 41.0. The van der Waals surface area contributed by atoms with Crippen molar-refractivity contribution in [1.82, 2.24) is 10.2 Å². The van der Waals surface area contributed by atoms with Crippen LogP contribution in [0.3, 0.4) is 0 Å². The number of carbonyl (C=O) groups excluding carboxylic acids is 2. The number of nitriles is 1. The van der Waals surface area contributed by atoms with Gasteiger partial charge < -0.3 is 10.2 Å². The number of halogens is 3. The molecular weight excluding hydrogens is 493 g/mol. The van der Waals surface area contributed by atoms with Gasteiger partial charge >= 0.3 is 12.2 Å². The molecule has 38 heavy (non-hydrogen) atoms. The Hall–Kier alpha value is -4.16. The molecule has 194 valence electrons. The zero-order valence-electron chi connectivity index (χ0n) is 20.5. The molecule has 2 fully saturated rings. The minimum absolute atomic E-state index is 0.145. The maximum atomic E-state index is 13.9. The van der Waals surface area contributed by atoms with E-state index in [0.717, 1.165) is 33.7 Å². The zero-order valence-corrected chi connectivity index (χ0v) is 20.5. The van der Waals surface area contributed by atoms with Gasteiger partial charge in [0.25, 0.3) is 5.91 Å². The first-order valence-corrected chi connectivity index (χ1v) is 12.3. The molecule has 2 heterocycles. The van der Waals surface area contributed by atoms with Crippen LogP contribution in [-0.4, -0.2) is 35.5 Å². The van der Waals surface area contributed by atoms with Crippen molar-refractivity contribution >= 4 is 17.6 Å². The Balaban J connectivity index is 1.54. The van der Waals surface area contributed by atoms with E-state index in [1.165, 1.54) is 17.0 Å². The molecule has 2 saturated heterocycles. The molecule has 2 aliphatic rings. The first kappa shape index (κ1) is 25.5. The van der Waals surface area contributed by atoms with Crippen molar-refractivity contribution in [3.63, 3.8) is 0 Å². The summed E-state index contributed by atoms with van der Waals surface area (Å²) in [7, 11) is 0. The molecule has 1 spiro atoms. The predicted molar refractivity (Wildman–Crippen MR) is 135 cm³/mol. The topological polar surface area (TPSA) is 76.4 Å². The number of benzene rings is 3. The Morgan fingerprint density at radius 1 is 0.921 bits per heavy atom. The molecule has 0 atom stereocenters. The maximum absolute atomic E-state index is 13.9. The van der Waals surface area contributed by atoms with Crippen molar-refractivity contribution in [3.05, 3.63) is 101 Å². The second-order valence-electron chi connectivity index (χ2n) is 9.56. The van der Waals surface area contributed by atoms with Gasteiger partial charge in [0.05, 0.1) is 22.9 Å². The second kappa shape index (κ2) is 9.95. The van der Waals surface area contributed by atoms with Crippen LogP contribution in [0.15, 0.2) is 72.8 Å². The van der Waals surface area contributed by atoms with E-state index >= 15 is 0 Å². The van der Waals surface area contributed by atoms with Gasteiger partial charge in [-0.05, 0) is 67.2 Å². The molecule has 0 saturated carbocycles. The smallest absolute Gasteiger partial charge is 0.317 e. The first-order chi connectivity index (χ1) is 18.2. The summed E-state index contributed by atoms with van der Waals surface area (Å²) in [5.41, 5.74) is -0.141. The number of nitrogens with zero attached hydrogens (tertiary/aromatic N) is 3. The Labute approximate surface area is 218 Å². The van der Waals surface area contributed by atoms with Gasteiger partial charge in [0.15, 0.2) is 0 Å². The van der Waals surface area contributed by atoms with Crippen molar-refractivity contribution in [3.8, 4) is 6.07 Å². The third kappa shape index (κ3) is 4.52. The fraction of sp³-hybridized carbons (Fsp3) is 0.276. The Morgan fingerprint density at radius 2 is 1.58 bits per heavy atom. The summed E-state index contributed by atoms with van der Waals surface area (Å²) in [6, 6.07) is 21.4. The monoisotopic (exact) mass is 518 g/mol. The normalized spacial score (nSPS) is 17.2. The molecule has 9 heteroatoms. The van der Waals surface area contributed by atoms with E-state index in [2.05, 4.69) is 5.32 Å². The van der Waals surface area contributed by atoms with Crippen LogP contribution >= 0.6 is 0 Å². The Morgan fingerprint density at radius 3 is 2.24 bits per heavy atom. The fourth-order valence-electron chi connectivity index (χ4n) is 5.36. The number of amides is 3. The van der Waals surface area contributed by atoms with Gasteiger partial charge in [-0.2, -0.15) is 18.4 Å². The van der Waals surface area contributed by atoms with Gasteiger partial charge in [0, 0.05) is 6.54 Å². The summed E-state index contributed by atoms with van der Waals surface area (Å²) >= 11 is 0. The van der Waals surface area contributed by atoms with Crippen molar-refractivity contribution in [1.29, 1.82) is 5.26 Å². The van der Waals surface area contributed by atoms with Gasteiger partial charge in [-0.1, -0.05) is 54.6 Å². The van der Waals surface area contributed by atoms with E-state index in [-0.39, 0.29) is 12.2 Å². The van der Waals surface area contributed by atoms with Gasteiger partial charge in [-0.15, -0.1) is 0 Å². The Bertz CT molecular complexity index is 1410. The highest BCUT2D eigenvalue weighted by atomic mass is 19.4. The van der Waals surface area contributed by atoms with Gasteiger partial charge in [0.2, 0.25) is 0 Å². The molecule has 1 N–H and O–H groups in total. The fourth-order valence-corrected chi connectivity index (χ4v) is 5.36. The predicted octanol–water partition coefficient (Wildman–Crippen LogP) is 5.26. The van der Waals surface area contributed by atoms with Crippen molar-refractivity contribution in [2.24, 2.45) is 0 Å². The molecule has 5 rings (SSSR count). The molecule has 0 aliphatic carbocycles. The van der Waals surface area contributed by atoms with Crippen molar-refractivity contribution in [2.45, 2.75) is 37.5 Å². The minimum Gasteiger partial charge on any atom is -0.317 e. The summed E-state index contributed by atoms with van der Waals surface area (Å²) in [4.78, 5) is 30.1. The number of hydrogen-bond donors (Lipinski definition) is 1. The SMILES string of the molecule is N#Cc1ccc(N2C(=O)N(Cc3ccccc3Cc3ccccc3)C3(CCNCC3)C2=O)cc1C(F)(F)F. The van der Waals surface area contributed by atoms with Crippen LogP contribution in [0, 0.1) is 11.3 Å². The molecule has 0 aromatic heterocycles. The van der Waals surface area contributed by atoms with E-state index in [9.17, 15) is 22.8 Å². The number of nitrogens with one attached hydrogen (secondary N) is 1. The largest absolute Gasteiger partial charge is 0.417 e. The summed E-state index contributed by atoms with van der Waals surface area (Å²) in [5, 5.41) is 12.4. The molecular formula is C29H25F3N4O2. The molecule has 3 amide bonds.